The number of benzene rings is 3. The third-order valence-corrected chi connectivity index (χ3v) is 11.0. The maximum Gasteiger partial charge on any atom is 0.264 e. The van der Waals surface area contributed by atoms with Crippen LogP contribution in [0.1, 0.15) is 34.8 Å². The van der Waals surface area contributed by atoms with Gasteiger partial charge >= 0.3 is 0 Å². The Morgan fingerprint density at radius 2 is 1.90 bits per heavy atom. The molecule has 2 aliphatic rings. The number of anilines is 3. The summed E-state index contributed by atoms with van der Waals surface area (Å²) in [5, 5.41) is 12.6. The number of ether oxygens (including phenoxy) is 1. The summed E-state index contributed by atoms with van der Waals surface area (Å²) in [6.45, 7) is 5.28. The lowest BCUT2D eigenvalue weighted by Crippen LogP contribution is -2.45. The summed E-state index contributed by atoms with van der Waals surface area (Å²) in [6.07, 6.45) is -0.294. The van der Waals surface area contributed by atoms with E-state index in [0.717, 1.165) is 10.0 Å². The predicted molar refractivity (Wildman–Crippen MR) is 160 cm³/mol. The minimum atomic E-state index is -3.26. The number of nitrogen functional groups attached to an aromatic ring is 1. The molecule has 40 heavy (non-hydrogen) atoms. The molecular weight excluding hydrogens is 593 g/mol. The van der Waals surface area contributed by atoms with Crippen LogP contribution in [0.15, 0.2) is 71.2 Å². The van der Waals surface area contributed by atoms with Crippen LogP contribution in [0.4, 0.5) is 21.2 Å². The zero-order chi connectivity index (χ0) is 28.8. The van der Waals surface area contributed by atoms with Crippen LogP contribution in [0.5, 0.6) is 0 Å². The first kappa shape index (κ1) is 28.5. The number of nitrogens with one attached hydrogen (secondary N) is 1. The number of carbonyl (C=O) groups is 2. The van der Waals surface area contributed by atoms with Crippen molar-refractivity contribution >= 4 is 53.2 Å². The quantitative estimate of drug-likeness (QED) is 0.170. The van der Waals surface area contributed by atoms with Crippen LogP contribution in [0.2, 0.25) is 18.6 Å². The lowest BCUT2D eigenvalue weighted by atomic mass is 9.82. The van der Waals surface area contributed by atoms with Gasteiger partial charge in [-0.3, -0.25) is 9.59 Å². The molecule has 0 bridgehead atoms. The van der Waals surface area contributed by atoms with Gasteiger partial charge in [-0.1, -0.05) is 35.0 Å². The second-order valence-corrected chi connectivity index (χ2v) is 15.8. The van der Waals surface area contributed by atoms with E-state index >= 15 is 4.11 Å². The highest BCUT2D eigenvalue weighted by Gasteiger charge is 2.66. The number of aliphatic hydroxyl groups excluding tert-OH is 1. The zero-order valence-corrected chi connectivity index (χ0v) is 25.2. The second kappa shape index (κ2) is 10.7. The number of hydrogen-bond donors (Lipinski definition) is 3. The van der Waals surface area contributed by atoms with Crippen LogP contribution in [0, 0.1) is 5.92 Å². The summed E-state index contributed by atoms with van der Waals surface area (Å²) in [5.74, 6) is -0.935. The van der Waals surface area contributed by atoms with E-state index in [9.17, 15) is 14.7 Å². The Bertz CT molecular complexity index is 1450. The number of nitrogens with zero attached hydrogens (tertiary/aromatic N) is 1. The Hall–Kier alpha value is -3.05. The molecule has 1 fully saturated rings. The molecule has 3 aromatic carbocycles. The van der Waals surface area contributed by atoms with Crippen LogP contribution in [-0.4, -0.2) is 38.0 Å². The Morgan fingerprint density at radius 1 is 1.18 bits per heavy atom. The summed E-state index contributed by atoms with van der Waals surface area (Å²) in [6, 6.07) is 19.6. The van der Waals surface area contributed by atoms with Gasteiger partial charge in [0.2, 0.25) is 8.41 Å². The van der Waals surface area contributed by atoms with Gasteiger partial charge < -0.3 is 29.9 Å². The SMILES string of the molecule is C[C@H]1[C@H]([Si](C)(C)F)[C@@H](CCO)O[C@]12C(=O)N(Cc1cccc(NC(=O)c3ccc(N)cc3)c1)c1ccc(Br)cc12. The number of amides is 2. The lowest BCUT2D eigenvalue weighted by Gasteiger charge is -2.31. The van der Waals surface area contributed by atoms with Crippen LogP contribution in [0.25, 0.3) is 0 Å². The summed E-state index contributed by atoms with van der Waals surface area (Å²) in [7, 11) is -3.26. The van der Waals surface area contributed by atoms with Crippen LogP contribution in [-0.2, 0) is 21.7 Å². The molecule has 1 spiro atoms. The topological polar surface area (TPSA) is 105 Å². The smallest absolute Gasteiger partial charge is 0.264 e. The van der Waals surface area contributed by atoms with Crippen molar-refractivity contribution in [3.63, 3.8) is 0 Å². The third-order valence-electron chi connectivity index (χ3n) is 8.03. The number of rotatable bonds is 7. The zero-order valence-electron chi connectivity index (χ0n) is 22.7. The minimum Gasteiger partial charge on any atom is -0.399 e. The van der Waals surface area contributed by atoms with Crippen molar-refractivity contribution in [2.45, 2.75) is 50.2 Å². The van der Waals surface area contributed by atoms with E-state index in [4.69, 9.17) is 10.5 Å². The van der Waals surface area contributed by atoms with E-state index in [1.165, 1.54) is 0 Å². The number of nitrogens with two attached hydrogens (primary N) is 1. The predicted octanol–water partition coefficient (Wildman–Crippen LogP) is 5.99. The van der Waals surface area contributed by atoms with Gasteiger partial charge in [-0.05, 0) is 79.7 Å². The summed E-state index contributed by atoms with van der Waals surface area (Å²) in [5.41, 5.74) is 7.80. The molecule has 0 radical (unpaired) electrons. The van der Waals surface area contributed by atoms with Crippen molar-refractivity contribution in [3.05, 3.63) is 87.9 Å². The molecule has 0 unspecified atom stereocenters. The maximum absolute atomic E-state index is 15.7. The Balaban J connectivity index is 1.47. The third kappa shape index (κ3) is 4.98. The summed E-state index contributed by atoms with van der Waals surface area (Å²) in [4.78, 5) is 28.8. The van der Waals surface area contributed by atoms with E-state index in [1.54, 1.807) is 48.3 Å². The van der Waals surface area contributed by atoms with Gasteiger partial charge in [0.25, 0.3) is 11.8 Å². The van der Waals surface area contributed by atoms with Gasteiger partial charge in [0.05, 0.1) is 18.3 Å². The van der Waals surface area contributed by atoms with Crippen molar-refractivity contribution in [1.29, 1.82) is 0 Å². The summed E-state index contributed by atoms with van der Waals surface area (Å²) >= 11 is 3.54. The van der Waals surface area contributed by atoms with Crippen molar-refractivity contribution in [2.75, 3.05) is 22.6 Å². The Labute approximate surface area is 242 Å². The summed E-state index contributed by atoms with van der Waals surface area (Å²) < 4.78 is 23.0. The van der Waals surface area contributed by atoms with Gasteiger partial charge in [0, 0.05) is 45.0 Å². The van der Waals surface area contributed by atoms with Crippen molar-refractivity contribution in [1.82, 2.24) is 0 Å². The molecule has 5 rings (SSSR count). The largest absolute Gasteiger partial charge is 0.399 e. The average molecular weight is 627 g/mol. The number of hydrogen-bond acceptors (Lipinski definition) is 5. The van der Waals surface area contributed by atoms with Crippen LogP contribution >= 0.6 is 15.9 Å². The van der Waals surface area contributed by atoms with Crippen LogP contribution < -0.4 is 16.0 Å². The first-order chi connectivity index (χ1) is 19.0. The molecule has 4 N–H and O–H groups in total. The average Bonchev–Trinajstić information content (AvgIpc) is 3.31. The standard InChI is InChI=1S/C30H33BrFN3O4Si/c1-18-27(40(2,3)32)26(13-14-36)39-30(18)24-16-21(31)9-12-25(24)35(29(30)38)17-19-5-4-6-23(15-19)34-28(37)20-7-10-22(33)11-8-20/h4-12,15-16,18,26-27,36H,13-14,17,33H2,1-3H3,(H,34,37)/t18-,26+,27-,30+/m0/s1. The molecule has 2 aliphatic heterocycles. The molecule has 7 nitrogen and oxygen atoms in total. The van der Waals surface area contributed by atoms with Gasteiger partial charge in [-0.25, -0.2) is 0 Å². The van der Waals surface area contributed by atoms with Gasteiger partial charge in [-0.2, -0.15) is 0 Å². The van der Waals surface area contributed by atoms with Gasteiger partial charge in [0.15, 0.2) is 5.60 Å². The second-order valence-electron chi connectivity index (χ2n) is 11.1. The molecule has 2 amide bonds. The molecule has 2 heterocycles. The monoisotopic (exact) mass is 625 g/mol. The highest BCUT2D eigenvalue weighted by atomic mass is 79.9. The molecule has 0 aliphatic carbocycles. The van der Waals surface area contributed by atoms with Gasteiger partial charge in [-0.15, -0.1) is 0 Å². The van der Waals surface area contributed by atoms with E-state index in [0.29, 0.717) is 28.2 Å². The fraction of sp³-hybridized carbons (Fsp3) is 0.333. The van der Waals surface area contributed by atoms with Crippen molar-refractivity contribution in [2.24, 2.45) is 5.92 Å². The minimum absolute atomic E-state index is 0.146. The van der Waals surface area contributed by atoms with Crippen LogP contribution in [0.3, 0.4) is 0 Å². The Kier molecular flexibility index (Phi) is 7.64. The molecule has 0 aromatic heterocycles. The van der Waals surface area contributed by atoms with Crippen molar-refractivity contribution in [3.8, 4) is 0 Å². The number of carbonyl (C=O) groups excluding carboxylic acids is 2. The highest BCUT2D eigenvalue weighted by molar-refractivity contribution is 9.10. The number of fused-ring (bicyclic) bond motifs is 2. The number of halogens is 2. The fourth-order valence-electron chi connectivity index (χ4n) is 6.34. The molecule has 1 saturated heterocycles. The Morgan fingerprint density at radius 3 is 2.58 bits per heavy atom. The molecule has 210 valence electrons. The lowest BCUT2D eigenvalue weighted by molar-refractivity contribution is -0.146. The molecule has 3 aromatic rings. The van der Waals surface area contributed by atoms with E-state index in [-0.39, 0.29) is 31.4 Å². The maximum atomic E-state index is 15.7. The van der Waals surface area contributed by atoms with Gasteiger partial charge in [0.1, 0.15) is 0 Å². The molecule has 0 saturated carbocycles. The highest BCUT2D eigenvalue weighted by Crippen LogP contribution is 2.60. The van der Waals surface area contributed by atoms with E-state index < -0.39 is 31.6 Å². The fourth-order valence-corrected chi connectivity index (χ4v) is 9.24. The molecular formula is C30H33BrFN3O4Si. The first-order valence-electron chi connectivity index (χ1n) is 13.3. The number of aliphatic hydroxyl groups is 1. The molecule has 10 heteroatoms. The van der Waals surface area contributed by atoms with E-state index in [2.05, 4.69) is 21.2 Å². The normalized spacial score (nSPS) is 24.0. The molecule has 4 atom stereocenters. The first-order valence-corrected chi connectivity index (χ1v) is 17.1. The van der Waals surface area contributed by atoms with E-state index in [1.807, 2.05) is 43.3 Å². The van der Waals surface area contributed by atoms with Crippen molar-refractivity contribution < 1.29 is 23.5 Å².